The second-order valence-electron chi connectivity index (χ2n) is 4.65. The Bertz CT molecular complexity index is 534. The van der Waals surface area contributed by atoms with E-state index in [1.807, 2.05) is 18.2 Å². The molecule has 2 heteroatoms. The monoisotopic (exact) mass is 259 g/mol. The Kier molecular flexibility index (Phi) is 4.40. The first-order valence-electron chi connectivity index (χ1n) is 6.16. The molecular formula is C16H18ClN. The van der Waals surface area contributed by atoms with Crippen molar-refractivity contribution in [3.05, 3.63) is 69.7 Å². The molecule has 0 radical (unpaired) electrons. The fourth-order valence-corrected chi connectivity index (χ4v) is 2.12. The van der Waals surface area contributed by atoms with Crippen LogP contribution in [0.25, 0.3) is 0 Å². The van der Waals surface area contributed by atoms with Crippen LogP contribution in [0.1, 0.15) is 22.3 Å². The third kappa shape index (κ3) is 3.59. The maximum Gasteiger partial charge on any atom is 0.0409 e. The van der Waals surface area contributed by atoms with Gasteiger partial charge in [-0.05, 0) is 48.2 Å². The average molecular weight is 260 g/mol. The van der Waals surface area contributed by atoms with Crippen LogP contribution in [0.2, 0.25) is 5.02 Å². The molecule has 2 rings (SSSR count). The van der Waals surface area contributed by atoms with Crippen LogP contribution in [0.5, 0.6) is 0 Å². The molecule has 2 aromatic carbocycles. The van der Waals surface area contributed by atoms with Crippen LogP contribution in [0, 0.1) is 13.8 Å². The Labute approximate surface area is 114 Å². The Hall–Kier alpha value is -1.31. The molecule has 18 heavy (non-hydrogen) atoms. The van der Waals surface area contributed by atoms with Crippen LogP contribution in [-0.2, 0) is 13.1 Å². The van der Waals surface area contributed by atoms with E-state index in [9.17, 15) is 0 Å². The van der Waals surface area contributed by atoms with Crippen molar-refractivity contribution in [2.45, 2.75) is 26.9 Å². The minimum atomic E-state index is 0.792. The second-order valence-corrected chi connectivity index (χ2v) is 5.09. The minimum Gasteiger partial charge on any atom is -0.309 e. The smallest absolute Gasteiger partial charge is 0.0409 e. The van der Waals surface area contributed by atoms with E-state index in [0.717, 1.165) is 18.1 Å². The van der Waals surface area contributed by atoms with Crippen molar-refractivity contribution < 1.29 is 0 Å². The van der Waals surface area contributed by atoms with Crippen LogP contribution in [0.3, 0.4) is 0 Å². The van der Waals surface area contributed by atoms with E-state index in [4.69, 9.17) is 11.6 Å². The number of halogens is 1. The van der Waals surface area contributed by atoms with Gasteiger partial charge in [0, 0.05) is 18.1 Å². The lowest BCUT2D eigenvalue weighted by atomic mass is 10.1. The van der Waals surface area contributed by atoms with Crippen LogP contribution in [-0.4, -0.2) is 0 Å². The van der Waals surface area contributed by atoms with E-state index in [0.29, 0.717) is 0 Å². The van der Waals surface area contributed by atoms with Gasteiger partial charge in [0.2, 0.25) is 0 Å². The SMILES string of the molecule is Cc1ccc(CNCc2cccc(Cl)c2)cc1C. The molecule has 0 aromatic heterocycles. The van der Waals surface area contributed by atoms with Gasteiger partial charge in [0.1, 0.15) is 0 Å². The zero-order valence-corrected chi connectivity index (χ0v) is 11.6. The lowest BCUT2D eigenvalue weighted by Gasteiger charge is -2.07. The molecule has 1 nitrogen and oxygen atoms in total. The number of rotatable bonds is 4. The number of aryl methyl sites for hydroxylation is 2. The van der Waals surface area contributed by atoms with E-state index in [-0.39, 0.29) is 0 Å². The van der Waals surface area contributed by atoms with Gasteiger partial charge in [0.05, 0.1) is 0 Å². The topological polar surface area (TPSA) is 12.0 Å². The molecule has 0 aliphatic carbocycles. The van der Waals surface area contributed by atoms with Crippen LogP contribution in [0.4, 0.5) is 0 Å². The van der Waals surface area contributed by atoms with Gasteiger partial charge in [0.15, 0.2) is 0 Å². The predicted octanol–water partition coefficient (Wildman–Crippen LogP) is 4.25. The van der Waals surface area contributed by atoms with E-state index < -0.39 is 0 Å². The Balaban J connectivity index is 1.90. The molecule has 0 aliphatic heterocycles. The van der Waals surface area contributed by atoms with E-state index in [1.165, 1.54) is 22.3 Å². The van der Waals surface area contributed by atoms with E-state index >= 15 is 0 Å². The van der Waals surface area contributed by atoms with Crippen molar-refractivity contribution in [2.24, 2.45) is 0 Å². The fourth-order valence-electron chi connectivity index (χ4n) is 1.91. The summed E-state index contributed by atoms with van der Waals surface area (Å²) in [5.41, 5.74) is 5.22. The molecule has 0 fully saturated rings. The zero-order chi connectivity index (χ0) is 13.0. The first-order valence-corrected chi connectivity index (χ1v) is 6.54. The summed E-state index contributed by atoms with van der Waals surface area (Å²) in [6, 6.07) is 14.5. The molecule has 0 unspecified atom stereocenters. The molecule has 0 saturated heterocycles. The number of hydrogen-bond donors (Lipinski definition) is 1. The lowest BCUT2D eigenvalue weighted by Crippen LogP contribution is -2.12. The molecule has 0 aliphatic rings. The lowest BCUT2D eigenvalue weighted by molar-refractivity contribution is 0.693. The van der Waals surface area contributed by atoms with Gasteiger partial charge in [-0.2, -0.15) is 0 Å². The largest absolute Gasteiger partial charge is 0.309 e. The Morgan fingerprint density at radius 3 is 2.28 bits per heavy atom. The van der Waals surface area contributed by atoms with Gasteiger partial charge in [-0.1, -0.05) is 41.9 Å². The van der Waals surface area contributed by atoms with Gasteiger partial charge in [-0.15, -0.1) is 0 Å². The summed E-state index contributed by atoms with van der Waals surface area (Å²) in [6.45, 7) is 6.01. The summed E-state index contributed by atoms with van der Waals surface area (Å²) in [4.78, 5) is 0. The molecule has 0 saturated carbocycles. The van der Waals surface area contributed by atoms with Crippen LogP contribution in [0.15, 0.2) is 42.5 Å². The summed E-state index contributed by atoms with van der Waals surface area (Å²) in [6.07, 6.45) is 0. The predicted molar refractivity (Wildman–Crippen MR) is 77.9 cm³/mol. The third-order valence-electron chi connectivity index (χ3n) is 3.12. The number of nitrogens with one attached hydrogen (secondary N) is 1. The second kappa shape index (κ2) is 6.03. The maximum absolute atomic E-state index is 5.95. The summed E-state index contributed by atoms with van der Waals surface area (Å²) in [5.74, 6) is 0. The average Bonchev–Trinajstić information content (AvgIpc) is 2.34. The molecule has 0 atom stereocenters. The maximum atomic E-state index is 5.95. The highest BCUT2D eigenvalue weighted by atomic mass is 35.5. The minimum absolute atomic E-state index is 0.792. The highest BCUT2D eigenvalue weighted by molar-refractivity contribution is 6.30. The number of hydrogen-bond acceptors (Lipinski definition) is 1. The molecule has 1 N–H and O–H groups in total. The molecule has 94 valence electrons. The van der Waals surface area contributed by atoms with E-state index in [1.54, 1.807) is 0 Å². The van der Waals surface area contributed by atoms with Gasteiger partial charge < -0.3 is 5.32 Å². The van der Waals surface area contributed by atoms with Crippen LogP contribution >= 0.6 is 11.6 Å². The normalized spacial score (nSPS) is 10.6. The molecule has 0 spiro atoms. The fraction of sp³-hybridized carbons (Fsp3) is 0.250. The molecule has 2 aromatic rings. The van der Waals surface area contributed by atoms with Gasteiger partial charge >= 0.3 is 0 Å². The zero-order valence-electron chi connectivity index (χ0n) is 10.8. The standard InChI is InChI=1S/C16H18ClN/c1-12-6-7-15(8-13(12)2)11-18-10-14-4-3-5-16(17)9-14/h3-9,18H,10-11H2,1-2H3. The Morgan fingerprint density at radius 1 is 0.889 bits per heavy atom. The highest BCUT2D eigenvalue weighted by Gasteiger charge is 1.97. The first kappa shape index (κ1) is 13.1. The van der Waals surface area contributed by atoms with Crippen molar-refractivity contribution in [2.75, 3.05) is 0 Å². The molecule has 0 amide bonds. The first-order chi connectivity index (χ1) is 8.65. The Morgan fingerprint density at radius 2 is 1.61 bits per heavy atom. The number of benzene rings is 2. The summed E-state index contributed by atoms with van der Waals surface area (Å²) >= 11 is 5.95. The van der Waals surface area contributed by atoms with Crippen molar-refractivity contribution in [3.63, 3.8) is 0 Å². The summed E-state index contributed by atoms with van der Waals surface area (Å²) < 4.78 is 0. The van der Waals surface area contributed by atoms with Crippen molar-refractivity contribution in [1.82, 2.24) is 5.32 Å². The summed E-state index contributed by atoms with van der Waals surface area (Å²) in [5, 5.41) is 4.23. The quantitative estimate of drug-likeness (QED) is 0.866. The van der Waals surface area contributed by atoms with Gasteiger partial charge in [-0.25, -0.2) is 0 Å². The van der Waals surface area contributed by atoms with Crippen LogP contribution < -0.4 is 5.32 Å². The van der Waals surface area contributed by atoms with Crippen molar-refractivity contribution >= 4 is 11.6 Å². The van der Waals surface area contributed by atoms with Crippen molar-refractivity contribution in [3.8, 4) is 0 Å². The molecular weight excluding hydrogens is 242 g/mol. The molecule has 0 heterocycles. The highest BCUT2D eigenvalue weighted by Crippen LogP contribution is 2.12. The van der Waals surface area contributed by atoms with Crippen molar-refractivity contribution in [1.29, 1.82) is 0 Å². The molecule has 0 bridgehead atoms. The van der Waals surface area contributed by atoms with E-state index in [2.05, 4.69) is 43.4 Å². The van der Waals surface area contributed by atoms with Gasteiger partial charge in [-0.3, -0.25) is 0 Å². The van der Waals surface area contributed by atoms with Gasteiger partial charge in [0.25, 0.3) is 0 Å². The summed E-state index contributed by atoms with van der Waals surface area (Å²) in [7, 11) is 0. The third-order valence-corrected chi connectivity index (χ3v) is 3.35.